The van der Waals surface area contributed by atoms with Crippen LogP contribution in [0.15, 0.2) is 0 Å². The van der Waals surface area contributed by atoms with Crippen LogP contribution in [0.2, 0.25) is 0 Å². The first kappa shape index (κ1) is 17.3. The minimum atomic E-state index is -0.376. The van der Waals surface area contributed by atoms with E-state index < -0.39 is 0 Å². The first-order valence-electron chi connectivity index (χ1n) is 7.45. The molecule has 1 fully saturated rings. The van der Waals surface area contributed by atoms with Gasteiger partial charge in [-0.25, -0.2) is 4.79 Å². The molecule has 1 heterocycles. The van der Waals surface area contributed by atoms with Gasteiger partial charge in [0, 0.05) is 39.1 Å². The fourth-order valence-electron chi connectivity index (χ4n) is 2.18. The molecular formula is C14H25N3O4. The smallest absolute Gasteiger partial charge is 0.317 e. The molecule has 1 aliphatic heterocycles. The third kappa shape index (κ3) is 6.01. The number of amides is 3. The Bertz CT molecular complexity index is 373. The molecule has 1 rings (SSSR count). The summed E-state index contributed by atoms with van der Waals surface area (Å²) in [6.45, 7) is 4.98. The average molecular weight is 299 g/mol. The molecule has 0 atom stereocenters. The van der Waals surface area contributed by atoms with Crippen LogP contribution in [-0.4, -0.2) is 67.5 Å². The van der Waals surface area contributed by atoms with Crippen molar-refractivity contribution in [2.45, 2.75) is 32.6 Å². The molecule has 7 nitrogen and oxygen atoms in total. The Kier molecular flexibility index (Phi) is 7.56. The van der Waals surface area contributed by atoms with Gasteiger partial charge in [-0.2, -0.15) is 0 Å². The predicted octanol–water partition coefficient (Wildman–Crippen LogP) is 0.594. The molecule has 1 N–H and O–H groups in total. The second kappa shape index (κ2) is 9.20. The van der Waals surface area contributed by atoms with Gasteiger partial charge in [-0.1, -0.05) is 6.92 Å². The highest BCUT2D eigenvalue weighted by Gasteiger charge is 2.22. The van der Waals surface area contributed by atoms with Crippen LogP contribution in [-0.2, 0) is 14.3 Å². The number of carbonyl (C=O) groups excluding carboxylic acids is 3. The molecule has 0 aromatic heterocycles. The van der Waals surface area contributed by atoms with E-state index in [0.717, 1.165) is 12.8 Å². The minimum Gasteiger partial charge on any atom is -0.469 e. The fourth-order valence-corrected chi connectivity index (χ4v) is 2.18. The molecule has 0 saturated carbocycles. The normalized spacial score (nSPS) is 15.3. The number of urea groups is 1. The molecule has 0 aliphatic carbocycles. The minimum absolute atomic E-state index is 0.0591. The molecular weight excluding hydrogens is 274 g/mol. The van der Waals surface area contributed by atoms with E-state index in [1.807, 2.05) is 6.92 Å². The van der Waals surface area contributed by atoms with Crippen molar-refractivity contribution in [3.05, 3.63) is 0 Å². The fraction of sp³-hybridized carbons (Fsp3) is 0.786. The molecule has 0 unspecified atom stereocenters. The van der Waals surface area contributed by atoms with Gasteiger partial charge in [0.2, 0.25) is 5.91 Å². The van der Waals surface area contributed by atoms with Crippen LogP contribution in [0, 0.1) is 0 Å². The summed E-state index contributed by atoms with van der Waals surface area (Å²) in [7, 11) is 1.31. The Morgan fingerprint density at radius 3 is 2.38 bits per heavy atom. The summed E-state index contributed by atoms with van der Waals surface area (Å²) >= 11 is 0. The van der Waals surface area contributed by atoms with E-state index in [4.69, 9.17) is 0 Å². The lowest BCUT2D eigenvalue weighted by Gasteiger charge is -2.22. The van der Waals surface area contributed by atoms with E-state index in [-0.39, 0.29) is 30.7 Å². The molecule has 21 heavy (non-hydrogen) atoms. The number of ether oxygens (including phenoxy) is 1. The zero-order chi connectivity index (χ0) is 15.7. The van der Waals surface area contributed by atoms with Crippen LogP contribution >= 0.6 is 0 Å². The van der Waals surface area contributed by atoms with Crippen molar-refractivity contribution in [2.24, 2.45) is 0 Å². The second-order valence-corrected chi connectivity index (χ2v) is 5.03. The highest BCUT2D eigenvalue weighted by molar-refractivity contribution is 5.81. The highest BCUT2D eigenvalue weighted by Crippen LogP contribution is 2.07. The number of esters is 1. The Balaban J connectivity index is 2.39. The Hall–Kier alpha value is -1.79. The van der Waals surface area contributed by atoms with Gasteiger partial charge >= 0.3 is 12.0 Å². The molecule has 0 bridgehead atoms. The van der Waals surface area contributed by atoms with Crippen molar-refractivity contribution in [3.8, 4) is 0 Å². The number of carbonyl (C=O) groups is 3. The first-order valence-corrected chi connectivity index (χ1v) is 7.45. The predicted molar refractivity (Wildman–Crippen MR) is 77.7 cm³/mol. The molecule has 3 amide bonds. The zero-order valence-electron chi connectivity index (χ0n) is 12.9. The lowest BCUT2D eigenvalue weighted by Crippen LogP contribution is -2.42. The zero-order valence-corrected chi connectivity index (χ0v) is 12.9. The van der Waals surface area contributed by atoms with Crippen LogP contribution in [0.4, 0.5) is 4.79 Å². The molecule has 0 spiro atoms. The summed E-state index contributed by atoms with van der Waals surface area (Å²) in [5, 5.41) is 2.84. The maximum atomic E-state index is 12.0. The van der Waals surface area contributed by atoms with Crippen LogP contribution in [0.5, 0.6) is 0 Å². The van der Waals surface area contributed by atoms with Crippen molar-refractivity contribution in [3.63, 3.8) is 0 Å². The van der Waals surface area contributed by atoms with Crippen LogP contribution in [0.1, 0.15) is 32.6 Å². The largest absolute Gasteiger partial charge is 0.469 e. The van der Waals surface area contributed by atoms with Crippen molar-refractivity contribution in [2.75, 3.05) is 39.8 Å². The van der Waals surface area contributed by atoms with Gasteiger partial charge in [0.1, 0.15) is 0 Å². The number of nitrogens with one attached hydrogen (secondary N) is 1. The number of rotatable bonds is 5. The maximum absolute atomic E-state index is 12.0. The molecule has 7 heteroatoms. The molecule has 1 saturated heterocycles. The summed E-state index contributed by atoms with van der Waals surface area (Å²) in [4.78, 5) is 38.4. The number of methoxy groups -OCH3 is 1. The standard InChI is InChI=1S/C14H25N3O4/c1-3-7-15-14(20)17-9-4-8-16(10-11-17)12(18)5-6-13(19)21-2/h3-11H2,1-2H3,(H,15,20). The number of nitrogens with zero attached hydrogens (tertiary/aromatic N) is 2. The van der Waals surface area contributed by atoms with Crippen LogP contribution in [0.3, 0.4) is 0 Å². The molecule has 0 aromatic rings. The summed E-state index contributed by atoms with van der Waals surface area (Å²) in [6, 6.07) is -0.0688. The van der Waals surface area contributed by atoms with Crippen molar-refractivity contribution in [1.29, 1.82) is 0 Å². The quantitative estimate of drug-likeness (QED) is 0.754. The summed E-state index contributed by atoms with van der Waals surface area (Å²) in [5.74, 6) is -0.435. The van der Waals surface area contributed by atoms with Gasteiger partial charge in [-0.15, -0.1) is 0 Å². The monoisotopic (exact) mass is 299 g/mol. The summed E-state index contributed by atoms with van der Waals surface area (Å²) in [5.41, 5.74) is 0. The third-order valence-electron chi connectivity index (χ3n) is 3.43. The van der Waals surface area contributed by atoms with Crippen LogP contribution < -0.4 is 5.32 Å². The second-order valence-electron chi connectivity index (χ2n) is 5.03. The number of hydrogen-bond donors (Lipinski definition) is 1. The lowest BCUT2D eigenvalue weighted by atomic mass is 10.2. The van der Waals surface area contributed by atoms with E-state index in [0.29, 0.717) is 32.7 Å². The highest BCUT2D eigenvalue weighted by atomic mass is 16.5. The van der Waals surface area contributed by atoms with Crippen LogP contribution in [0.25, 0.3) is 0 Å². The maximum Gasteiger partial charge on any atom is 0.317 e. The Labute approximate surface area is 125 Å². The van der Waals surface area contributed by atoms with Gasteiger partial charge < -0.3 is 19.9 Å². The van der Waals surface area contributed by atoms with E-state index in [1.54, 1.807) is 9.80 Å². The van der Waals surface area contributed by atoms with E-state index in [9.17, 15) is 14.4 Å². The Morgan fingerprint density at radius 2 is 1.71 bits per heavy atom. The van der Waals surface area contributed by atoms with E-state index in [2.05, 4.69) is 10.1 Å². The number of hydrogen-bond acceptors (Lipinski definition) is 4. The van der Waals surface area contributed by atoms with E-state index in [1.165, 1.54) is 7.11 Å². The molecule has 0 radical (unpaired) electrons. The van der Waals surface area contributed by atoms with Gasteiger partial charge in [0.25, 0.3) is 0 Å². The van der Waals surface area contributed by atoms with Crippen molar-refractivity contribution < 1.29 is 19.1 Å². The average Bonchev–Trinajstić information content (AvgIpc) is 2.75. The topological polar surface area (TPSA) is 79.0 Å². The van der Waals surface area contributed by atoms with Crippen molar-refractivity contribution in [1.82, 2.24) is 15.1 Å². The summed E-state index contributed by atoms with van der Waals surface area (Å²) < 4.78 is 4.53. The lowest BCUT2D eigenvalue weighted by molar-refractivity contribution is -0.143. The van der Waals surface area contributed by atoms with E-state index >= 15 is 0 Å². The molecule has 1 aliphatic rings. The molecule has 0 aromatic carbocycles. The van der Waals surface area contributed by atoms with Crippen molar-refractivity contribution >= 4 is 17.9 Å². The van der Waals surface area contributed by atoms with Gasteiger partial charge in [0.15, 0.2) is 0 Å². The van der Waals surface area contributed by atoms with Gasteiger partial charge in [0.05, 0.1) is 13.5 Å². The van der Waals surface area contributed by atoms with Gasteiger partial charge in [-0.3, -0.25) is 9.59 Å². The van der Waals surface area contributed by atoms with Gasteiger partial charge in [-0.05, 0) is 12.8 Å². The summed E-state index contributed by atoms with van der Waals surface area (Å²) in [6.07, 6.45) is 1.92. The molecule has 120 valence electrons. The SMILES string of the molecule is CCCNC(=O)N1CCCN(C(=O)CCC(=O)OC)CC1. The Morgan fingerprint density at radius 1 is 1.05 bits per heavy atom. The first-order chi connectivity index (χ1) is 10.1. The third-order valence-corrected chi connectivity index (χ3v) is 3.43.